The number of aromatic nitrogens is 2. The molecule has 2 aromatic carbocycles. The summed E-state index contributed by atoms with van der Waals surface area (Å²) in [7, 11) is 0. The van der Waals surface area contributed by atoms with Crippen molar-refractivity contribution in [3.05, 3.63) is 83.6 Å². The van der Waals surface area contributed by atoms with Crippen molar-refractivity contribution in [3.8, 4) is 0 Å². The zero-order valence-corrected chi connectivity index (χ0v) is 19.4. The number of carbonyl (C=O) groups is 1. The third kappa shape index (κ3) is 5.22. The van der Waals surface area contributed by atoms with E-state index in [-0.39, 0.29) is 12.5 Å². The molecule has 180 valence electrons. The molecule has 1 aliphatic heterocycles. The van der Waals surface area contributed by atoms with Crippen molar-refractivity contribution in [2.75, 3.05) is 36.0 Å². The third-order valence-corrected chi connectivity index (χ3v) is 6.95. The number of hydrogen-bond acceptors (Lipinski definition) is 6. The number of benzene rings is 2. The van der Waals surface area contributed by atoms with Gasteiger partial charge in [-0.1, -0.05) is 29.5 Å². The Kier molecular flexibility index (Phi) is 6.29. The Morgan fingerprint density at radius 3 is 2.51 bits per heavy atom. The largest absolute Gasteiger partial charge is 0.416 e. The van der Waals surface area contributed by atoms with Crippen molar-refractivity contribution in [1.29, 1.82) is 0 Å². The number of nitrogens with zero attached hydrogens (tertiary/aromatic N) is 4. The molecule has 0 radical (unpaired) electrons. The maximum Gasteiger partial charge on any atom is 0.416 e. The molecule has 0 bridgehead atoms. The van der Waals surface area contributed by atoms with Crippen molar-refractivity contribution in [1.82, 2.24) is 15.3 Å². The first-order valence-corrected chi connectivity index (χ1v) is 11.9. The molecule has 2 aromatic heterocycles. The lowest BCUT2D eigenvalue weighted by Gasteiger charge is -2.35. The highest BCUT2D eigenvalue weighted by Crippen LogP contribution is 2.31. The van der Waals surface area contributed by atoms with Gasteiger partial charge >= 0.3 is 6.18 Å². The second-order valence-corrected chi connectivity index (χ2v) is 9.23. The van der Waals surface area contributed by atoms with Crippen LogP contribution in [0.4, 0.5) is 24.1 Å². The van der Waals surface area contributed by atoms with Gasteiger partial charge in [0.05, 0.1) is 15.8 Å². The van der Waals surface area contributed by atoms with Gasteiger partial charge in [0.15, 0.2) is 5.13 Å². The highest BCUT2D eigenvalue weighted by molar-refractivity contribution is 7.22. The zero-order valence-electron chi connectivity index (χ0n) is 18.6. The number of carbonyl (C=O) groups excluding carboxylic acids is 1. The maximum atomic E-state index is 12.9. The number of alkyl halides is 3. The Bertz CT molecular complexity index is 1330. The van der Waals surface area contributed by atoms with Crippen LogP contribution in [0.3, 0.4) is 0 Å². The summed E-state index contributed by atoms with van der Waals surface area (Å²) in [6.45, 7) is 3.34. The summed E-state index contributed by atoms with van der Waals surface area (Å²) < 4.78 is 39.6. The quantitative estimate of drug-likeness (QED) is 0.422. The molecule has 1 aliphatic rings. The van der Waals surface area contributed by atoms with Crippen LogP contribution in [-0.4, -0.2) is 42.1 Å². The van der Waals surface area contributed by atoms with Crippen LogP contribution in [0.25, 0.3) is 10.2 Å². The molecule has 5 rings (SSSR count). The van der Waals surface area contributed by atoms with Crippen molar-refractivity contribution in [3.63, 3.8) is 0 Å². The number of thiazole rings is 1. The van der Waals surface area contributed by atoms with Gasteiger partial charge < -0.3 is 15.1 Å². The van der Waals surface area contributed by atoms with E-state index < -0.39 is 11.7 Å². The predicted octanol–water partition coefficient (Wildman–Crippen LogP) is 4.97. The highest BCUT2D eigenvalue weighted by atomic mass is 32.1. The van der Waals surface area contributed by atoms with E-state index in [2.05, 4.69) is 20.1 Å². The molecule has 1 fully saturated rings. The third-order valence-electron chi connectivity index (χ3n) is 5.87. The van der Waals surface area contributed by atoms with Gasteiger partial charge in [-0.05, 0) is 48.0 Å². The van der Waals surface area contributed by atoms with Gasteiger partial charge in [-0.2, -0.15) is 13.2 Å². The van der Waals surface area contributed by atoms with E-state index >= 15 is 0 Å². The van der Waals surface area contributed by atoms with Gasteiger partial charge in [-0.15, -0.1) is 0 Å². The highest BCUT2D eigenvalue weighted by Gasteiger charge is 2.30. The molecule has 1 saturated heterocycles. The number of amides is 1. The fourth-order valence-corrected chi connectivity index (χ4v) is 5.06. The summed E-state index contributed by atoms with van der Waals surface area (Å²) in [5, 5.41) is 3.61. The van der Waals surface area contributed by atoms with Crippen LogP contribution >= 0.6 is 11.3 Å². The van der Waals surface area contributed by atoms with Gasteiger partial charge in [0.2, 0.25) is 0 Å². The number of hydrogen-bond donors (Lipinski definition) is 1. The van der Waals surface area contributed by atoms with E-state index in [0.717, 1.165) is 59.5 Å². The molecule has 4 aromatic rings. The van der Waals surface area contributed by atoms with E-state index in [1.165, 1.54) is 17.4 Å². The minimum absolute atomic E-state index is 0.00921. The summed E-state index contributed by atoms with van der Waals surface area (Å²) >= 11 is 1.53. The Morgan fingerprint density at radius 2 is 1.77 bits per heavy atom. The Labute approximate surface area is 204 Å². The number of piperazine rings is 1. The Balaban J connectivity index is 1.23. The minimum atomic E-state index is -4.42. The van der Waals surface area contributed by atoms with Crippen LogP contribution in [-0.2, 0) is 12.7 Å². The maximum absolute atomic E-state index is 12.9. The van der Waals surface area contributed by atoms with Crippen LogP contribution in [0.1, 0.15) is 21.5 Å². The van der Waals surface area contributed by atoms with E-state index in [0.29, 0.717) is 11.1 Å². The summed E-state index contributed by atoms with van der Waals surface area (Å²) in [5.41, 5.74) is 0.911. The van der Waals surface area contributed by atoms with Crippen molar-refractivity contribution in [2.45, 2.75) is 12.7 Å². The summed E-state index contributed by atoms with van der Waals surface area (Å²) in [6.07, 6.45) is -2.62. The van der Waals surface area contributed by atoms with Gasteiger partial charge in [0, 0.05) is 44.5 Å². The lowest BCUT2D eigenvalue weighted by atomic mass is 10.1. The molecule has 0 aliphatic carbocycles. The average Bonchev–Trinajstić information content (AvgIpc) is 3.31. The molecule has 1 N–H and O–H groups in total. The molecule has 1 amide bonds. The second kappa shape index (κ2) is 9.53. The molecule has 0 saturated carbocycles. The fraction of sp³-hybridized carbons (Fsp3) is 0.240. The van der Waals surface area contributed by atoms with E-state index in [1.807, 2.05) is 18.2 Å². The summed E-state index contributed by atoms with van der Waals surface area (Å²) in [4.78, 5) is 26.3. The normalized spacial score (nSPS) is 14.4. The first-order chi connectivity index (χ1) is 16.9. The topological polar surface area (TPSA) is 61.4 Å². The average molecular weight is 498 g/mol. The Hall–Kier alpha value is -3.66. The molecule has 0 unspecified atom stereocenters. The standard InChI is InChI=1S/C25H22F3N5OS/c26-25(27,28)19-5-3-4-17(14-19)16-30-23(34)18-7-8-20-21(15-18)35-24(31-20)33-12-10-32(11-13-33)22-6-1-2-9-29-22/h1-9,14-15H,10-13,16H2,(H,30,34). The SMILES string of the molecule is O=C(NCc1cccc(C(F)(F)F)c1)c1ccc2nc(N3CCN(c4ccccn4)CC3)sc2c1. The van der Waals surface area contributed by atoms with Crippen LogP contribution < -0.4 is 15.1 Å². The van der Waals surface area contributed by atoms with Crippen LogP contribution in [0.5, 0.6) is 0 Å². The lowest BCUT2D eigenvalue weighted by molar-refractivity contribution is -0.137. The molecule has 35 heavy (non-hydrogen) atoms. The number of pyridine rings is 1. The van der Waals surface area contributed by atoms with Crippen molar-refractivity contribution >= 4 is 38.4 Å². The summed E-state index contributed by atoms with van der Waals surface area (Å²) in [5.74, 6) is 0.625. The molecule has 6 nitrogen and oxygen atoms in total. The lowest BCUT2D eigenvalue weighted by Crippen LogP contribution is -2.46. The van der Waals surface area contributed by atoms with Crippen molar-refractivity contribution in [2.24, 2.45) is 0 Å². The number of nitrogens with one attached hydrogen (secondary N) is 1. The van der Waals surface area contributed by atoms with E-state index in [9.17, 15) is 18.0 Å². The van der Waals surface area contributed by atoms with Gasteiger partial charge in [0.25, 0.3) is 5.91 Å². The van der Waals surface area contributed by atoms with Gasteiger partial charge in [-0.25, -0.2) is 9.97 Å². The van der Waals surface area contributed by atoms with Crippen LogP contribution in [0.2, 0.25) is 0 Å². The molecule has 3 heterocycles. The predicted molar refractivity (Wildman–Crippen MR) is 131 cm³/mol. The van der Waals surface area contributed by atoms with Gasteiger partial charge in [0.1, 0.15) is 5.82 Å². The smallest absolute Gasteiger partial charge is 0.353 e. The molecular weight excluding hydrogens is 475 g/mol. The molecular formula is C25H22F3N5OS. The minimum Gasteiger partial charge on any atom is -0.353 e. The monoisotopic (exact) mass is 497 g/mol. The zero-order chi connectivity index (χ0) is 24.4. The number of rotatable bonds is 5. The number of fused-ring (bicyclic) bond motifs is 1. The molecule has 0 spiro atoms. The first kappa shape index (κ1) is 23.1. The molecule has 10 heteroatoms. The van der Waals surface area contributed by atoms with Crippen molar-refractivity contribution < 1.29 is 18.0 Å². The van der Waals surface area contributed by atoms with E-state index in [4.69, 9.17) is 4.98 Å². The Morgan fingerprint density at radius 1 is 0.971 bits per heavy atom. The van der Waals surface area contributed by atoms with Crippen LogP contribution in [0.15, 0.2) is 66.9 Å². The van der Waals surface area contributed by atoms with Crippen LogP contribution in [0, 0.1) is 0 Å². The first-order valence-electron chi connectivity index (χ1n) is 11.1. The number of anilines is 2. The second-order valence-electron chi connectivity index (χ2n) is 8.22. The van der Waals surface area contributed by atoms with E-state index in [1.54, 1.807) is 30.5 Å². The fourth-order valence-electron chi connectivity index (χ4n) is 4.00. The number of halogens is 3. The summed E-state index contributed by atoms with van der Waals surface area (Å²) in [6, 6.07) is 16.1. The van der Waals surface area contributed by atoms with Gasteiger partial charge in [-0.3, -0.25) is 4.79 Å². The molecule has 0 atom stereocenters.